The first-order valence-corrected chi connectivity index (χ1v) is 6.97. The van der Waals surface area contributed by atoms with E-state index in [1.807, 2.05) is 42.3 Å². The molecule has 1 aromatic heterocycles. The number of carbonyl (C=O) groups is 1. The standard InChI is InChI=1S/C16H19N3O/c1-11-10-12(17)6-7-13(11)16(20)19-9-3-5-15(19)14-4-2-8-18-14/h2,4,6-8,10,15,18H,3,5,9,17H2,1H3. The van der Waals surface area contributed by atoms with Crippen LogP contribution in [-0.4, -0.2) is 22.3 Å². The van der Waals surface area contributed by atoms with Crippen LogP contribution in [0.5, 0.6) is 0 Å². The van der Waals surface area contributed by atoms with Crippen molar-refractivity contribution in [1.29, 1.82) is 0 Å². The Kier molecular flexibility index (Phi) is 3.22. The van der Waals surface area contributed by atoms with Crippen LogP contribution >= 0.6 is 0 Å². The summed E-state index contributed by atoms with van der Waals surface area (Å²) in [4.78, 5) is 17.9. The van der Waals surface area contributed by atoms with Gasteiger partial charge < -0.3 is 15.6 Å². The van der Waals surface area contributed by atoms with E-state index in [1.165, 1.54) is 0 Å². The molecule has 1 amide bonds. The minimum Gasteiger partial charge on any atom is -0.399 e. The summed E-state index contributed by atoms with van der Waals surface area (Å²) in [6.07, 6.45) is 3.97. The van der Waals surface area contributed by atoms with Crippen LogP contribution in [0.3, 0.4) is 0 Å². The van der Waals surface area contributed by atoms with Gasteiger partial charge in [0.25, 0.3) is 5.91 Å². The zero-order valence-electron chi connectivity index (χ0n) is 11.6. The summed E-state index contributed by atoms with van der Waals surface area (Å²) in [5, 5.41) is 0. The lowest BCUT2D eigenvalue weighted by Gasteiger charge is -2.25. The smallest absolute Gasteiger partial charge is 0.254 e. The lowest BCUT2D eigenvalue weighted by molar-refractivity contribution is 0.0732. The van der Waals surface area contributed by atoms with Gasteiger partial charge in [-0.1, -0.05) is 0 Å². The number of aromatic nitrogens is 1. The Hall–Kier alpha value is -2.23. The van der Waals surface area contributed by atoms with Crippen LogP contribution in [0, 0.1) is 6.92 Å². The second-order valence-corrected chi connectivity index (χ2v) is 5.36. The molecule has 0 radical (unpaired) electrons. The van der Waals surface area contributed by atoms with Crippen molar-refractivity contribution in [2.45, 2.75) is 25.8 Å². The normalized spacial score (nSPS) is 18.4. The van der Waals surface area contributed by atoms with Crippen LogP contribution in [0.4, 0.5) is 5.69 Å². The largest absolute Gasteiger partial charge is 0.399 e. The highest BCUT2D eigenvalue weighted by Crippen LogP contribution is 2.32. The average Bonchev–Trinajstić information content (AvgIpc) is 3.09. The van der Waals surface area contributed by atoms with E-state index in [1.54, 1.807) is 6.07 Å². The number of hydrogen-bond donors (Lipinski definition) is 2. The monoisotopic (exact) mass is 269 g/mol. The Morgan fingerprint density at radius 1 is 1.40 bits per heavy atom. The molecule has 4 nitrogen and oxygen atoms in total. The molecule has 20 heavy (non-hydrogen) atoms. The molecule has 2 aromatic rings. The van der Waals surface area contributed by atoms with Gasteiger partial charge in [-0.2, -0.15) is 0 Å². The van der Waals surface area contributed by atoms with Gasteiger partial charge in [-0.05, 0) is 55.7 Å². The number of carbonyl (C=O) groups excluding carboxylic acids is 1. The first-order chi connectivity index (χ1) is 9.66. The molecule has 1 unspecified atom stereocenters. The molecule has 2 heterocycles. The van der Waals surface area contributed by atoms with Gasteiger partial charge in [0.15, 0.2) is 0 Å². The highest BCUT2D eigenvalue weighted by atomic mass is 16.2. The minimum absolute atomic E-state index is 0.0969. The molecule has 0 spiro atoms. The molecule has 104 valence electrons. The van der Waals surface area contributed by atoms with Crippen LogP contribution in [0.15, 0.2) is 36.5 Å². The zero-order chi connectivity index (χ0) is 14.1. The third kappa shape index (κ3) is 2.18. The summed E-state index contributed by atoms with van der Waals surface area (Å²) in [5.74, 6) is 0.0969. The van der Waals surface area contributed by atoms with E-state index in [0.717, 1.165) is 36.2 Å². The number of nitrogen functional groups attached to an aromatic ring is 1. The minimum atomic E-state index is 0.0969. The van der Waals surface area contributed by atoms with E-state index in [0.29, 0.717) is 5.69 Å². The maximum absolute atomic E-state index is 12.8. The number of rotatable bonds is 2. The molecule has 1 aromatic carbocycles. The van der Waals surface area contributed by atoms with Gasteiger partial charge in [-0.3, -0.25) is 4.79 Å². The molecule has 1 aliphatic heterocycles. The van der Waals surface area contributed by atoms with Crippen LogP contribution in [0.2, 0.25) is 0 Å². The van der Waals surface area contributed by atoms with Crippen LogP contribution < -0.4 is 5.73 Å². The number of nitrogens with one attached hydrogen (secondary N) is 1. The fourth-order valence-electron chi connectivity index (χ4n) is 2.97. The first kappa shape index (κ1) is 12.8. The Labute approximate surface area is 118 Å². The van der Waals surface area contributed by atoms with Crippen molar-refractivity contribution in [2.24, 2.45) is 0 Å². The molecule has 4 heteroatoms. The van der Waals surface area contributed by atoms with Gasteiger partial charge in [0, 0.05) is 29.7 Å². The molecule has 3 N–H and O–H groups in total. The summed E-state index contributed by atoms with van der Waals surface area (Å²) in [6, 6.07) is 9.66. The van der Waals surface area contributed by atoms with Crippen LogP contribution in [0.25, 0.3) is 0 Å². The fraction of sp³-hybridized carbons (Fsp3) is 0.312. The van der Waals surface area contributed by atoms with E-state index in [-0.39, 0.29) is 11.9 Å². The highest BCUT2D eigenvalue weighted by Gasteiger charge is 2.31. The number of benzene rings is 1. The molecule has 0 saturated carbocycles. The second-order valence-electron chi connectivity index (χ2n) is 5.36. The number of amides is 1. The second kappa shape index (κ2) is 5.04. The van der Waals surface area contributed by atoms with E-state index < -0.39 is 0 Å². The van der Waals surface area contributed by atoms with E-state index >= 15 is 0 Å². The number of nitrogens with two attached hydrogens (primary N) is 1. The number of aromatic amines is 1. The topological polar surface area (TPSA) is 62.1 Å². The molecule has 1 fully saturated rings. The SMILES string of the molecule is Cc1cc(N)ccc1C(=O)N1CCCC1c1ccc[nH]1. The summed E-state index contributed by atoms with van der Waals surface area (Å²) in [6.45, 7) is 2.75. The van der Waals surface area contributed by atoms with Crippen molar-refractivity contribution < 1.29 is 4.79 Å². The van der Waals surface area contributed by atoms with Crippen molar-refractivity contribution in [3.8, 4) is 0 Å². The van der Waals surface area contributed by atoms with Crippen molar-refractivity contribution in [3.05, 3.63) is 53.3 Å². The maximum Gasteiger partial charge on any atom is 0.254 e. The van der Waals surface area contributed by atoms with Gasteiger partial charge >= 0.3 is 0 Å². The highest BCUT2D eigenvalue weighted by molar-refractivity contribution is 5.96. The van der Waals surface area contributed by atoms with Gasteiger partial charge in [0.2, 0.25) is 0 Å². The predicted octanol–water partition coefficient (Wildman–Crippen LogP) is 2.88. The maximum atomic E-state index is 12.8. The number of likely N-dealkylation sites (tertiary alicyclic amines) is 1. The molecular weight excluding hydrogens is 250 g/mol. The number of aryl methyl sites for hydroxylation is 1. The van der Waals surface area contributed by atoms with E-state index in [4.69, 9.17) is 5.73 Å². The fourth-order valence-corrected chi connectivity index (χ4v) is 2.97. The summed E-state index contributed by atoms with van der Waals surface area (Å²) >= 11 is 0. The molecular formula is C16H19N3O. The van der Waals surface area contributed by atoms with Crippen LogP contribution in [-0.2, 0) is 0 Å². The van der Waals surface area contributed by atoms with Gasteiger partial charge in [0.05, 0.1) is 6.04 Å². The Morgan fingerprint density at radius 3 is 2.95 bits per heavy atom. The number of hydrogen-bond acceptors (Lipinski definition) is 2. The summed E-state index contributed by atoms with van der Waals surface area (Å²) in [5.41, 5.74) is 9.25. The Balaban J connectivity index is 1.89. The molecule has 3 rings (SSSR count). The van der Waals surface area contributed by atoms with Gasteiger partial charge in [0.1, 0.15) is 0 Å². The molecule has 1 atom stereocenters. The van der Waals surface area contributed by atoms with Crippen molar-refractivity contribution in [2.75, 3.05) is 12.3 Å². The lowest BCUT2D eigenvalue weighted by Crippen LogP contribution is -2.31. The molecule has 0 bridgehead atoms. The number of anilines is 1. The lowest BCUT2D eigenvalue weighted by atomic mass is 10.1. The molecule has 1 aliphatic rings. The van der Waals surface area contributed by atoms with Gasteiger partial charge in [-0.15, -0.1) is 0 Å². The van der Waals surface area contributed by atoms with E-state index in [9.17, 15) is 4.79 Å². The van der Waals surface area contributed by atoms with Gasteiger partial charge in [-0.25, -0.2) is 0 Å². The quantitative estimate of drug-likeness (QED) is 0.823. The van der Waals surface area contributed by atoms with Crippen molar-refractivity contribution >= 4 is 11.6 Å². The van der Waals surface area contributed by atoms with E-state index in [2.05, 4.69) is 4.98 Å². The van der Waals surface area contributed by atoms with Crippen molar-refractivity contribution in [3.63, 3.8) is 0 Å². The number of nitrogens with zero attached hydrogens (tertiary/aromatic N) is 1. The Morgan fingerprint density at radius 2 is 2.25 bits per heavy atom. The third-order valence-corrected chi connectivity index (χ3v) is 3.98. The molecule has 1 saturated heterocycles. The van der Waals surface area contributed by atoms with Crippen LogP contribution in [0.1, 0.15) is 40.5 Å². The zero-order valence-corrected chi connectivity index (χ0v) is 11.6. The number of H-pyrrole nitrogens is 1. The Bertz CT molecular complexity index is 619. The third-order valence-electron chi connectivity index (χ3n) is 3.98. The van der Waals surface area contributed by atoms with Crippen molar-refractivity contribution in [1.82, 2.24) is 9.88 Å². The predicted molar refractivity (Wildman–Crippen MR) is 79.4 cm³/mol. The summed E-state index contributed by atoms with van der Waals surface area (Å²) < 4.78 is 0. The molecule has 0 aliphatic carbocycles. The first-order valence-electron chi connectivity index (χ1n) is 6.97. The average molecular weight is 269 g/mol. The summed E-state index contributed by atoms with van der Waals surface area (Å²) in [7, 11) is 0.